The lowest BCUT2D eigenvalue weighted by atomic mass is 10.0. The van der Waals surface area contributed by atoms with E-state index in [2.05, 4.69) is 36.7 Å². The standard InChI is InChI=1S/C14H20BrNO2/c1-9(2)7-10(3)16(4)13-8-11(15)5-6-12(13)14(17)18/h5-6,8-10H,7H2,1-4H3,(H,17,18). The molecule has 18 heavy (non-hydrogen) atoms. The van der Waals surface area contributed by atoms with Crippen LogP contribution in [0.1, 0.15) is 37.6 Å². The Hall–Kier alpha value is -1.03. The Labute approximate surface area is 117 Å². The van der Waals surface area contributed by atoms with Crippen LogP contribution in [-0.2, 0) is 0 Å². The summed E-state index contributed by atoms with van der Waals surface area (Å²) < 4.78 is 0.895. The van der Waals surface area contributed by atoms with Crippen LogP contribution in [0.15, 0.2) is 22.7 Å². The zero-order valence-electron chi connectivity index (χ0n) is 11.3. The van der Waals surface area contributed by atoms with Gasteiger partial charge in [-0.25, -0.2) is 4.79 Å². The number of halogens is 1. The minimum absolute atomic E-state index is 0.303. The number of hydrogen-bond acceptors (Lipinski definition) is 2. The van der Waals surface area contributed by atoms with Crippen molar-refractivity contribution in [2.75, 3.05) is 11.9 Å². The molecule has 4 heteroatoms. The molecule has 0 aliphatic rings. The summed E-state index contributed by atoms with van der Waals surface area (Å²) in [4.78, 5) is 13.3. The highest BCUT2D eigenvalue weighted by Crippen LogP contribution is 2.27. The zero-order valence-corrected chi connectivity index (χ0v) is 12.9. The van der Waals surface area contributed by atoms with Gasteiger partial charge in [-0.3, -0.25) is 0 Å². The van der Waals surface area contributed by atoms with Gasteiger partial charge in [0, 0.05) is 17.6 Å². The zero-order chi connectivity index (χ0) is 13.9. The van der Waals surface area contributed by atoms with Crippen molar-refractivity contribution in [1.82, 2.24) is 0 Å². The van der Waals surface area contributed by atoms with E-state index in [0.717, 1.165) is 16.6 Å². The molecule has 3 nitrogen and oxygen atoms in total. The summed E-state index contributed by atoms with van der Waals surface area (Å²) >= 11 is 3.39. The molecule has 0 radical (unpaired) electrons. The minimum Gasteiger partial charge on any atom is -0.478 e. The van der Waals surface area contributed by atoms with Crippen LogP contribution >= 0.6 is 15.9 Å². The predicted octanol–water partition coefficient (Wildman–Crippen LogP) is 4.02. The van der Waals surface area contributed by atoms with Crippen LogP contribution in [0.25, 0.3) is 0 Å². The first-order valence-electron chi connectivity index (χ1n) is 6.08. The Morgan fingerprint density at radius 3 is 2.50 bits per heavy atom. The lowest BCUT2D eigenvalue weighted by Gasteiger charge is -2.29. The first-order valence-corrected chi connectivity index (χ1v) is 6.88. The van der Waals surface area contributed by atoms with Gasteiger partial charge < -0.3 is 10.0 Å². The molecule has 100 valence electrons. The van der Waals surface area contributed by atoms with Gasteiger partial charge in [-0.05, 0) is 37.5 Å². The first kappa shape index (κ1) is 15.0. The summed E-state index contributed by atoms with van der Waals surface area (Å²) in [7, 11) is 1.95. The largest absolute Gasteiger partial charge is 0.478 e. The van der Waals surface area contributed by atoms with Gasteiger partial charge in [0.2, 0.25) is 0 Å². The van der Waals surface area contributed by atoms with E-state index in [0.29, 0.717) is 17.5 Å². The van der Waals surface area contributed by atoms with Crippen LogP contribution in [0.3, 0.4) is 0 Å². The number of nitrogens with zero attached hydrogens (tertiary/aromatic N) is 1. The van der Waals surface area contributed by atoms with Crippen LogP contribution in [-0.4, -0.2) is 24.2 Å². The highest BCUT2D eigenvalue weighted by atomic mass is 79.9. The summed E-state index contributed by atoms with van der Waals surface area (Å²) in [6, 6.07) is 5.56. The molecule has 1 atom stereocenters. The number of aromatic carboxylic acids is 1. The summed E-state index contributed by atoms with van der Waals surface area (Å²) in [5.74, 6) is -0.302. The van der Waals surface area contributed by atoms with Crippen LogP contribution in [0.4, 0.5) is 5.69 Å². The van der Waals surface area contributed by atoms with Gasteiger partial charge in [0.25, 0.3) is 0 Å². The molecule has 0 bridgehead atoms. The van der Waals surface area contributed by atoms with Gasteiger partial charge >= 0.3 is 5.97 Å². The number of carboxylic acid groups (broad SMARTS) is 1. The Balaban J connectivity index is 3.06. The number of rotatable bonds is 5. The van der Waals surface area contributed by atoms with Crippen molar-refractivity contribution in [3.63, 3.8) is 0 Å². The molecule has 0 saturated carbocycles. The van der Waals surface area contributed by atoms with E-state index in [1.54, 1.807) is 12.1 Å². The fraction of sp³-hybridized carbons (Fsp3) is 0.500. The molecule has 0 aliphatic carbocycles. The fourth-order valence-electron chi connectivity index (χ4n) is 2.06. The summed E-state index contributed by atoms with van der Waals surface area (Å²) in [5.41, 5.74) is 1.10. The van der Waals surface area contributed by atoms with Crippen molar-refractivity contribution in [3.05, 3.63) is 28.2 Å². The quantitative estimate of drug-likeness (QED) is 0.892. The fourth-order valence-corrected chi connectivity index (χ4v) is 2.40. The van der Waals surface area contributed by atoms with E-state index in [4.69, 9.17) is 0 Å². The lowest BCUT2D eigenvalue weighted by molar-refractivity contribution is 0.0697. The predicted molar refractivity (Wildman–Crippen MR) is 78.4 cm³/mol. The third kappa shape index (κ3) is 3.73. The van der Waals surface area contributed by atoms with Crippen LogP contribution in [0, 0.1) is 5.92 Å². The molecule has 0 amide bonds. The summed E-state index contributed by atoms with van der Waals surface area (Å²) in [6.45, 7) is 6.46. The minimum atomic E-state index is -0.888. The molecule has 1 aromatic carbocycles. The second kappa shape index (κ2) is 6.23. The molecule has 1 unspecified atom stereocenters. The van der Waals surface area contributed by atoms with Crippen molar-refractivity contribution < 1.29 is 9.90 Å². The molecule has 0 aliphatic heterocycles. The lowest BCUT2D eigenvalue weighted by Crippen LogP contribution is -2.31. The highest BCUT2D eigenvalue weighted by molar-refractivity contribution is 9.10. The van der Waals surface area contributed by atoms with Crippen LogP contribution < -0.4 is 4.90 Å². The third-order valence-electron chi connectivity index (χ3n) is 3.04. The number of carboxylic acids is 1. The molecule has 1 aromatic rings. The molecular weight excluding hydrogens is 294 g/mol. The third-order valence-corrected chi connectivity index (χ3v) is 3.54. The van der Waals surface area contributed by atoms with Gasteiger partial charge in [0.05, 0.1) is 11.3 Å². The molecule has 0 fully saturated rings. The van der Waals surface area contributed by atoms with Crippen LogP contribution in [0.5, 0.6) is 0 Å². The molecule has 0 heterocycles. The van der Waals surface area contributed by atoms with Crippen molar-refractivity contribution in [2.24, 2.45) is 5.92 Å². The molecule has 1 rings (SSSR count). The second-order valence-electron chi connectivity index (χ2n) is 5.06. The molecule has 0 spiro atoms. The molecular formula is C14H20BrNO2. The molecule has 0 aromatic heterocycles. The van der Waals surface area contributed by atoms with Gasteiger partial charge in [0.15, 0.2) is 0 Å². The first-order chi connectivity index (χ1) is 8.32. The van der Waals surface area contributed by atoms with E-state index < -0.39 is 5.97 Å². The Kier molecular flexibility index (Phi) is 5.20. The van der Waals surface area contributed by atoms with E-state index in [1.165, 1.54) is 0 Å². The molecule has 0 saturated heterocycles. The topological polar surface area (TPSA) is 40.5 Å². The van der Waals surface area contributed by atoms with Gasteiger partial charge in [-0.1, -0.05) is 29.8 Å². The van der Waals surface area contributed by atoms with E-state index in [-0.39, 0.29) is 0 Å². The Bertz CT molecular complexity index is 432. The van der Waals surface area contributed by atoms with Gasteiger partial charge in [0.1, 0.15) is 0 Å². The smallest absolute Gasteiger partial charge is 0.337 e. The maximum atomic E-state index is 11.2. The average Bonchev–Trinajstić information content (AvgIpc) is 2.26. The van der Waals surface area contributed by atoms with Crippen molar-refractivity contribution in [3.8, 4) is 0 Å². The second-order valence-corrected chi connectivity index (χ2v) is 5.97. The Morgan fingerprint density at radius 2 is 2.00 bits per heavy atom. The van der Waals surface area contributed by atoms with E-state index in [1.807, 2.05) is 18.0 Å². The van der Waals surface area contributed by atoms with Crippen molar-refractivity contribution in [1.29, 1.82) is 0 Å². The maximum absolute atomic E-state index is 11.2. The number of carbonyl (C=O) groups is 1. The Morgan fingerprint density at radius 1 is 1.39 bits per heavy atom. The normalized spacial score (nSPS) is 12.6. The van der Waals surface area contributed by atoms with Crippen molar-refractivity contribution in [2.45, 2.75) is 33.2 Å². The van der Waals surface area contributed by atoms with E-state index in [9.17, 15) is 9.90 Å². The highest BCUT2D eigenvalue weighted by Gasteiger charge is 2.18. The van der Waals surface area contributed by atoms with E-state index >= 15 is 0 Å². The SMILES string of the molecule is CC(C)CC(C)N(C)c1cc(Br)ccc1C(=O)O. The van der Waals surface area contributed by atoms with Crippen molar-refractivity contribution >= 4 is 27.6 Å². The van der Waals surface area contributed by atoms with Crippen LogP contribution in [0.2, 0.25) is 0 Å². The summed E-state index contributed by atoms with van der Waals surface area (Å²) in [5, 5.41) is 9.23. The number of hydrogen-bond donors (Lipinski definition) is 1. The average molecular weight is 314 g/mol. The molecule has 1 N–H and O–H groups in total. The van der Waals surface area contributed by atoms with Gasteiger partial charge in [-0.2, -0.15) is 0 Å². The number of benzene rings is 1. The monoisotopic (exact) mass is 313 g/mol. The maximum Gasteiger partial charge on any atom is 0.337 e. The summed E-state index contributed by atoms with van der Waals surface area (Å²) in [6.07, 6.45) is 1.03. The number of anilines is 1. The van der Waals surface area contributed by atoms with Gasteiger partial charge in [-0.15, -0.1) is 0 Å².